The number of fused-ring (bicyclic) bond motifs is 1. The van der Waals surface area contributed by atoms with Crippen LogP contribution >= 0.6 is 11.3 Å². The Morgan fingerprint density at radius 2 is 1.57 bits per heavy atom. The molecule has 1 atom stereocenters. The van der Waals surface area contributed by atoms with Crippen molar-refractivity contribution in [3.05, 3.63) is 70.6 Å². The van der Waals surface area contributed by atoms with E-state index in [0.717, 1.165) is 53.4 Å². The Morgan fingerprint density at radius 3 is 2.20 bits per heavy atom. The number of carboxylic acid groups (broad SMARTS) is 1. The molecular formula is C37H48F3N5O7S2. The van der Waals surface area contributed by atoms with E-state index < -0.39 is 27.9 Å². The van der Waals surface area contributed by atoms with Crippen molar-refractivity contribution in [1.29, 1.82) is 0 Å². The number of carbonyl (C=O) groups is 3. The minimum absolute atomic E-state index is 0.0884. The second-order valence-corrected chi connectivity index (χ2v) is 17.0. The first-order valence-corrected chi connectivity index (χ1v) is 20.4. The number of alkyl halides is 3. The molecule has 1 aromatic heterocycles. The van der Waals surface area contributed by atoms with Crippen molar-refractivity contribution in [2.45, 2.75) is 69.6 Å². The average molecular weight is 796 g/mol. The van der Waals surface area contributed by atoms with Crippen molar-refractivity contribution in [1.82, 2.24) is 24.1 Å². The van der Waals surface area contributed by atoms with Crippen molar-refractivity contribution in [2.24, 2.45) is 0 Å². The van der Waals surface area contributed by atoms with Gasteiger partial charge in [-0.3, -0.25) is 9.59 Å². The first-order chi connectivity index (χ1) is 25.7. The summed E-state index contributed by atoms with van der Waals surface area (Å²) in [7, 11) is -3.46. The van der Waals surface area contributed by atoms with Crippen LogP contribution in [-0.2, 0) is 31.0 Å². The molecule has 1 saturated carbocycles. The van der Waals surface area contributed by atoms with Gasteiger partial charge in [-0.15, -0.1) is 11.3 Å². The molecule has 6 rings (SSSR count). The number of benzene rings is 2. The quantitative estimate of drug-likeness (QED) is 0.241. The van der Waals surface area contributed by atoms with Crippen LogP contribution in [-0.4, -0.2) is 122 Å². The second-order valence-electron chi connectivity index (χ2n) is 14.0. The molecule has 2 amide bonds. The normalized spacial score (nSPS) is 19.1. The molecule has 0 spiro atoms. The highest BCUT2D eigenvalue weighted by molar-refractivity contribution is 7.86. The molecule has 2 aliphatic heterocycles. The number of morpholine rings is 1. The number of halogens is 3. The summed E-state index contributed by atoms with van der Waals surface area (Å²) < 4.78 is 67.4. The van der Waals surface area contributed by atoms with Crippen LogP contribution in [0, 0.1) is 6.92 Å². The number of nitrogens with one attached hydrogen (secondary N) is 2. The number of aliphatic carboxylic acids is 1. The molecule has 3 N–H and O–H groups in total. The van der Waals surface area contributed by atoms with E-state index in [2.05, 4.69) is 33.7 Å². The van der Waals surface area contributed by atoms with Gasteiger partial charge in [0.05, 0.1) is 18.1 Å². The molecule has 296 valence electrons. The van der Waals surface area contributed by atoms with E-state index in [9.17, 15) is 31.2 Å². The Bertz CT molecular complexity index is 1840. The standard InChI is InChI=1S/C35H47N5O5S2.C2HF3O2/c1-27-11-12-29-26-32(46-31(29)24-27)33(41)37-35(13-5-6-14-35)34(42)36-30(25-28-8-3-2-4-9-28)10-7-15-38-16-18-39(19-17-38)47(43,44)40-20-22-45-23-21-40;3-2(4,5)1(6)7/h2-4,8-9,11-12,24,26,30H,5-7,10,13-23,25H2,1H3,(H,36,42)(H,37,41);(H,6,7)/t30-;/m0./s1. The van der Waals surface area contributed by atoms with Gasteiger partial charge in [0.25, 0.3) is 16.1 Å². The maximum atomic E-state index is 14.1. The van der Waals surface area contributed by atoms with Crippen LogP contribution in [0.3, 0.4) is 0 Å². The van der Waals surface area contributed by atoms with E-state index in [1.165, 1.54) is 15.6 Å². The topological polar surface area (TPSA) is 149 Å². The molecular weight excluding hydrogens is 748 g/mol. The van der Waals surface area contributed by atoms with Crippen molar-refractivity contribution in [2.75, 3.05) is 59.0 Å². The second kappa shape index (κ2) is 18.3. The third-order valence-electron chi connectivity index (χ3n) is 10.0. The summed E-state index contributed by atoms with van der Waals surface area (Å²) in [5, 5.41) is 14.7. The summed E-state index contributed by atoms with van der Waals surface area (Å²) in [6.45, 7) is 6.91. The molecule has 54 heavy (non-hydrogen) atoms. The Labute approximate surface area is 317 Å². The smallest absolute Gasteiger partial charge is 0.475 e. The van der Waals surface area contributed by atoms with Crippen molar-refractivity contribution < 1.29 is 45.8 Å². The number of amides is 2. The van der Waals surface area contributed by atoms with Gasteiger partial charge in [-0.05, 0) is 74.2 Å². The fourth-order valence-corrected chi connectivity index (χ4v) is 9.67. The SMILES string of the molecule is Cc1ccc2cc(C(=O)NC3(C(=O)N[C@@H](CCCN4CCN(S(=O)(=O)N5CCOCC5)CC4)Cc4ccccc4)CCCC3)sc2c1.O=C(O)C(F)(F)F. The number of nitrogens with zero attached hydrogens (tertiary/aromatic N) is 3. The summed E-state index contributed by atoms with van der Waals surface area (Å²) in [5.74, 6) is -3.04. The molecule has 0 radical (unpaired) electrons. The average Bonchev–Trinajstić information content (AvgIpc) is 3.80. The van der Waals surface area contributed by atoms with Gasteiger partial charge in [-0.2, -0.15) is 30.2 Å². The molecule has 2 aromatic carbocycles. The maximum Gasteiger partial charge on any atom is 0.490 e. The third kappa shape index (κ3) is 11.0. The van der Waals surface area contributed by atoms with Crippen molar-refractivity contribution >= 4 is 49.4 Å². The number of hydrogen-bond donors (Lipinski definition) is 3. The Balaban J connectivity index is 0.000000730. The van der Waals surface area contributed by atoms with Gasteiger partial charge in [0.2, 0.25) is 5.91 Å². The number of ether oxygens (including phenoxy) is 1. The van der Waals surface area contributed by atoms with Gasteiger partial charge in [0, 0.05) is 50.0 Å². The largest absolute Gasteiger partial charge is 0.490 e. The lowest BCUT2D eigenvalue weighted by Gasteiger charge is -2.37. The number of carbonyl (C=O) groups excluding carboxylic acids is 2. The van der Waals surface area contributed by atoms with Crippen LogP contribution in [0.4, 0.5) is 13.2 Å². The summed E-state index contributed by atoms with van der Waals surface area (Å²) in [6, 6.07) is 18.2. The third-order valence-corrected chi connectivity index (χ3v) is 13.2. The first-order valence-electron chi connectivity index (χ1n) is 18.2. The molecule has 3 heterocycles. The number of carboxylic acids is 1. The Hall–Kier alpha value is -3.61. The molecule has 2 saturated heterocycles. The first kappa shape index (κ1) is 41.6. The number of rotatable bonds is 12. The number of piperazine rings is 1. The zero-order valence-electron chi connectivity index (χ0n) is 30.3. The highest BCUT2D eigenvalue weighted by Crippen LogP contribution is 2.33. The van der Waals surface area contributed by atoms with Gasteiger partial charge in [0.1, 0.15) is 5.54 Å². The lowest BCUT2D eigenvalue weighted by Crippen LogP contribution is -2.59. The number of hydrogen-bond acceptors (Lipinski definition) is 8. The van der Waals surface area contributed by atoms with Crippen molar-refractivity contribution in [3.8, 4) is 0 Å². The fraction of sp³-hybridized carbons (Fsp3) is 0.541. The molecule has 3 fully saturated rings. The Morgan fingerprint density at radius 1 is 0.944 bits per heavy atom. The van der Waals surface area contributed by atoms with Crippen LogP contribution < -0.4 is 10.6 Å². The van der Waals surface area contributed by atoms with Gasteiger partial charge in [-0.1, -0.05) is 55.3 Å². The van der Waals surface area contributed by atoms with E-state index in [-0.39, 0.29) is 17.9 Å². The van der Waals surface area contributed by atoms with E-state index in [1.807, 2.05) is 43.3 Å². The van der Waals surface area contributed by atoms with E-state index in [1.54, 1.807) is 4.31 Å². The molecule has 12 nitrogen and oxygen atoms in total. The minimum Gasteiger partial charge on any atom is -0.475 e. The lowest BCUT2D eigenvalue weighted by molar-refractivity contribution is -0.192. The summed E-state index contributed by atoms with van der Waals surface area (Å²) >= 11 is 1.47. The summed E-state index contributed by atoms with van der Waals surface area (Å²) in [6.07, 6.45) is 0.333. The molecule has 3 aromatic rings. The highest BCUT2D eigenvalue weighted by Gasteiger charge is 2.43. The van der Waals surface area contributed by atoms with E-state index in [4.69, 9.17) is 14.6 Å². The molecule has 3 aliphatic rings. The highest BCUT2D eigenvalue weighted by atomic mass is 32.2. The maximum absolute atomic E-state index is 14.1. The molecule has 17 heteroatoms. The Kier molecular flexibility index (Phi) is 14.1. The zero-order valence-corrected chi connectivity index (χ0v) is 31.9. The predicted octanol–water partition coefficient (Wildman–Crippen LogP) is 4.59. The van der Waals surface area contributed by atoms with E-state index in [0.29, 0.717) is 76.6 Å². The van der Waals surface area contributed by atoms with Gasteiger partial charge >= 0.3 is 12.1 Å². The zero-order chi connectivity index (χ0) is 38.9. The van der Waals surface area contributed by atoms with Crippen molar-refractivity contribution in [3.63, 3.8) is 0 Å². The number of thiophene rings is 1. The van der Waals surface area contributed by atoms with Gasteiger partial charge < -0.3 is 25.4 Å². The van der Waals surface area contributed by atoms with Crippen LogP contribution in [0.2, 0.25) is 0 Å². The molecule has 0 bridgehead atoms. The van der Waals surface area contributed by atoms with Crippen LogP contribution in [0.25, 0.3) is 10.1 Å². The van der Waals surface area contributed by atoms with E-state index >= 15 is 0 Å². The van der Waals surface area contributed by atoms with Gasteiger partial charge in [-0.25, -0.2) is 4.79 Å². The van der Waals surface area contributed by atoms with Crippen LogP contribution in [0.5, 0.6) is 0 Å². The predicted molar refractivity (Wildman–Crippen MR) is 200 cm³/mol. The summed E-state index contributed by atoms with van der Waals surface area (Å²) in [4.78, 5) is 39.4. The minimum atomic E-state index is -5.08. The van der Waals surface area contributed by atoms with Crippen LogP contribution in [0.1, 0.15) is 59.3 Å². The fourth-order valence-electron chi connectivity index (χ4n) is 7.05. The monoisotopic (exact) mass is 795 g/mol. The lowest BCUT2D eigenvalue weighted by atomic mass is 9.94. The summed E-state index contributed by atoms with van der Waals surface area (Å²) in [5.41, 5.74) is 1.40. The molecule has 1 aliphatic carbocycles. The number of aryl methyl sites for hydroxylation is 1. The van der Waals surface area contributed by atoms with Crippen LogP contribution in [0.15, 0.2) is 54.6 Å². The molecule has 0 unspecified atom stereocenters. The van der Waals surface area contributed by atoms with Gasteiger partial charge in [0.15, 0.2) is 0 Å².